The Morgan fingerprint density at radius 2 is 2.11 bits per heavy atom. The number of nitrogens with one attached hydrogen (secondary N) is 1. The Balaban J connectivity index is 1.76. The highest BCUT2D eigenvalue weighted by atomic mass is 32.1. The maximum absolute atomic E-state index is 9.85. The van der Waals surface area contributed by atoms with Gasteiger partial charge in [-0.2, -0.15) is 0 Å². The fourth-order valence-electron chi connectivity index (χ4n) is 1.65. The molecule has 0 spiro atoms. The smallest absolute Gasteiger partial charge is 0.231 e. The van der Waals surface area contributed by atoms with Crippen molar-refractivity contribution in [1.82, 2.24) is 10.2 Å². The minimum Gasteiger partial charge on any atom is -0.507 e. The van der Waals surface area contributed by atoms with E-state index in [1.54, 1.807) is 12.1 Å². The third kappa shape index (κ3) is 2.04. The standard InChI is InChI=1S/C11H11N3O3S/c1-6-13-14-11(18-6)12-4-7-2-9-10(3-8(7)15)17-5-16-9/h2-3,15H,4-5H2,1H3,(H,12,14). The van der Waals surface area contributed by atoms with Crippen LogP contribution in [0.25, 0.3) is 0 Å². The zero-order valence-electron chi connectivity index (χ0n) is 9.64. The van der Waals surface area contributed by atoms with Gasteiger partial charge in [-0.3, -0.25) is 0 Å². The van der Waals surface area contributed by atoms with Crippen molar-refractivity contribution >= 4 is 16.5 Å². The van der Waals surface area contributed by atoms with E-state index >= 15 is 0 Å². The average Bonchev–Trinajstić information content (AvgIpc) is 2.94. The molecule has 18 heavy (non-hydrogen) atoms. The van der Waals surface area contributed by atoms with Crippen LogP contribution in [0.2, 0.25) is 0 Å². The number of aromatic nitrogens is 2. The van der Waals surface area contributed by atoms with Crippen LogP contribution in [-0.2, 0) is 6.54 Å². The van der Waals surface area contributed by atoms with Crippen LogP contribution < -0.4 is 14.8 Å². The molecule has 1 aromatic heterocycles. The maximum Gasteiger partial charge on any atom is 0.231 e. The van der Waals surface area contributed by atoms with Gasteiger partial charge in [0.2, 0.25) is 11.9 Å². The number of aryl methyl sites for hydroxylation is 1. The van der Waals surface area contributed by atoms with Crippen molar-refractivity contribution in [2.24, 2.45) is 0 Å². The minimum atomic E-state index is 0.174. The first-order chi connectivity index (χ1) is 8.72. The third-order valence-electron chi connectivity index (χ3n) is 2.53. The number of hydrogen-bond acceptors (Lipinski definition) is 7. The first-order valence-electron chi connectivity index (χ1n) is 5.38. The molecule has 1 aliphatic rings. The molecule has 3 rings (SSSR count). The van der Waals surface area contributed by atoms with E-state index in [4.69, 9.17) is 9.47 Å². The van der Waals surface area contributed by atoms with Gasteiger partial charge in [-0.1, -0.05) is 11.3 Å². The fraction of sp³-hybridized carbons (Fsp3) is 0.273. The van der Waals surface area contributed by atoms with Crippen LogP contribution in [0.4, 0.5) is 5.13 Å². The first kappa shape index (κ1) is 11.1. The van der Waals surface area contributed by atoms with Crippen molar-refractivity contribution in [2.45, 2.75) is 13.5 Å². The van der Waals surface area contributed by atoms with Gasteiger partial charge in [-0.25, -0.2) is 0 Å². The van der Waals surface area contributed by atoms with Gasteiger partial charge in [0.25, 0.3) is 0 Å². The van der Waals surface area contributed by atoms with Crippen LogP contribution in [-0.4, -0.2) is 22.1 Å². The van der Waals surface area contributed by atoms with Crippen LogP contribution >= 0.6 is 11.3 Å². The van der Waals surface area contributed by atoms with E-state index in [2.05, 4.69) is 15.5 Å². The van der Waals surface area contributed by atoms with Gasteiger partial charge in [-0.05, 0) is 13.0 Å². The second-order valence-electron chi connectivity index (χ2n) is 3.81. The second-order valence-corrected chi connectivity index (χ2v) is 5.00. The molecule has 0 radical (unpaired) electrons. The lowest BCUT2D eigenvalue weighted by molar-refractivity contribution is 0.174. The topological polar surface area (TPSA) is 76.5 Å². The Morgan fingerprint density at radius 3 is 2.83 bits per heavy atom. The quantitative estimate of drug-likeness (QED) is 0.882. The van der Waals surface area contributed by atoms with E-state index in [0.29, 0.717) is 18.0 Å². The molecule has 2 N–H and O–H groups in total. The maximum atomic E-state index is 9.85. The van der Waals surface area contributed by atoms with Crippen molar-refractivity contribution < 1.29 is 14.6 Å². The summed E-state index contributed by atoms with van der Waals surface area (Å²) in [5.74, 6) is 1.40. The summed E-state index contributed by atoms with van der Waals surface area (Å²) >= 11 is 1.47. The van der Waals surface area contributed by atoms with E-state index in [1.165, 1.54) is 11.3 Å². The van der Waals surface area contributed by atoms with E-state index in [9.17, 15) is 5.11 Å². The van der Waals surface area contributed by atoms with Crippen molar-refractivity contribution in [3.8, 4) is 17.2 Å². The highest BCUT2D eigenvalue weighted by Gasteiger charge is 2.17. The lowest BCUT2D eigenvalue weighted by Gasteiger charge is -2.06. The van der Waals surface area contributed by atoms with Crippen molar-refractivity contribution in [3.63, 3.8) is 0 Å². The van der Waals surface area contributed by atoms with E-state index in [1.807, 2.05) is 6.92 Å². The summed E-state index contributed by atoms with van der Waals surface area (Å²) in [6.45, 7) is 2.54. The summed E-state index contributed by atoms with van der Waals surface area (Å²) in [5, 5.41) is 22.4. The minimum absolute atomic E-state index is 0.174. The highest BCUT2D eigenvalue weighted by Crippen LogP contribution is 2.37. The van der Waals surface area contributed by atoms with Gasteiger partial charge in [0.1, 0.15) is 10.8 Å². The summed E-state index contributed by atoms with van der Waals surface area (Å²) in [7, 11) is 0. The Hall–Kier alpha value is -2.02. The Bertz CT molecular complexity index is 585. The van der Waals surface area contributed by atoms with Gasteiger partial charge in [0.05, 0.1) is 0 Å². The zero-order valence-corrected chi connectivity index (χ0v) is 10.5. The number of fused-ring (bicyclic) bond motifs is 1. The molecule has 2 aromatic rings. The van der Waals surface area contributed by atoms with Crippen molar-refractivity contribution in [1.29, 1.82) is 0 Å². The highest BCUT2D eigenvalue weighted by molar-refractivity contribution is 7.15. The molecule has 2 heterocycles. The van der Waals surface area contributed by atoms with Crippen LogP contribution in [0.15, 0.2) is 12.1 Å². The molecule has 1 aromatic carbocycles. The Labute approximate surface area is 107 Å². The molecular formula is C11H11N3O3S. The SMILES string of the molecule is Cc1nnc(NCc2cc3c(cc2O)OCO3)s1. The van der Waals surface area contributed by atoms with Crippen LogP contribution in [0.1, 0.15) is 10.6 Å². The molecule has 1 aliphatic heterocycles. The lowest BCUT2D eigenvalue weighted by atomic mass is 10.2. The number of phenolic OH excluding ortho intramolecular Hbond substituents is 1. The molecule has 0 saturated carbocycles. The predicted molar refractivity (Wildman–Crippen MR) is 66.2 cm³/mol. The average molecular weight is 265 g/mol. The predicted octanol–water partition coefficient (Wildman–Crippen LogP) is 1.89. The molecule has 0 bridgehead atoms. The number of benzene rings is 1. The van der Waals surface area contributed by atoms with Gasteiger partial charge >= 0.3 is 0 Å². The molecule has 94 valence electrons. The van der Waals surface area contributed by atoms with Crippen LogP contribution in [0, 0.1) is 6.92 Å². The number of anilines is 1. The number of rotatable bonds is 3. The van der Waals surface area contributed by atoms with Gasteiger partial charge in [-0.15, -0.1) is 10.2 Å². The summed E-state index contributed by atoms with van der Waals surface area (Å²) in [6.07, 6.45) is 0. The zero-order chi connectivity index (χ0) is 12.5. The number of phenols is 1. The number of aromatic hydroxyl groups is 1. The normalized spacial score (nSPS) is 12.7. The molecule has 0 saturated heterocycles. The number of nitrogens with zero attached hydrogens (tertiary/aromatic N) is 2. The molecule has 6 nitrogen and oxygen atoms in total. The molecule has 0 unspecified atom stereocenters. The lowest BCUT2D eigenvalue weighted by Crippen LogP contribution is -1.99. The van der Waals surface area contributed by atoms with E-state index in [0.717, 1.165) is 15.7 Å². The summed E-state index contributed by atoms with van der Waals surface area (Å²) in [5.41, 5.74) is 0.729. The van der Waals surface area contributed by atoms with Crippen molar-refractivity contribution in [2.75, 3.05) is 12.1 Å². The molecule has 0 atom stereocenters. The molecule has 0 aliphatic carbocycles. The van der Waals surface area contributed by atoms with Crippen LogP contribution in [0.3, 0.4) is 0 Å². The van der Waals surface area contributed by atoms with E-state index in [-0.39, 0.29) is 12.5 Å². The summed E-state index contributed by atoms with van der Waals surface area (Å²) < 4.78 is 10.4. The number of hydrogen-bond donors (Lipinski definition) is 2. The van der Waals surface area contributed by atoms with Crippen molar-refractivity contribution in [3.05, 3.63) is 22.7 Å². The van der Waals surface area contributed by atoms with Gasteiger partial charge in [0, 0.05) is 18.2 Å². The fourth-order valence-corrected chi connectivity index (χ4v) is 2.24. The molecule has 0 fully saturated rings. The van der Waals surface area contributed by atoms with Gasteiger partial charge in [0.15, 0.2) is 11.5 Å². The largest absolute Gasteiger partial charge is 0.507 e. The van der Waals surface area contributed by atoms with E-state index < -0.39 is 0 Å². The second kappa shape index (κ2) is 4.34. The molecule has 7 heteroatoms. The van der Waals surface area contributed by atoms with Gasteiger partial charge < -0.3 is 19.9 Å². The Morgan fingerprint density at radius 1 is 1.33 bits per heavy atom. The molecular weight excluding hydrogens is 254 g/mol. The van der Waals surface area contributed by atoms with Crippen LogP contribution in [0.5, 0.6) is 17.2 Å². The number of ether oxygens (including phenoxy) is 2. The summed E-state index contributed by atoms with van der Waals surface area (Å²) in [6, 6.07) is 3.32. The molecule has 0 amide bonds. The first-order valence-corrected chi connectivity index (χ1v) is 6.19. The Kier molecular flexibility index (Phi) is 2.67. The monoisotopic (exact) mass is 265 g/mol. The third-order valence-corrected chi connectivity index (χ3v) is 3.33. The summed E-state index contributed by atoms with van der Waals surface area (Å²) in [4.78, 5) is 0.